The van der Waals surface area contributed by atoms with Crippen LogP contribution in [0.25, 0.3) is 0 Å². The summed E-state index contributed by atoms with van der Waals surface area (Å²) in [4.78, 5) is 11.6. The van der Waals surface area contributed by atoms with Gasteiger partial charge in [-0.05, 0) is 19.8 Å². The molecule has 1 aromatic heterocycles. The van der Waals surface area contributed by atoms with Gasteiger partial charge in [0.25, 0.3) is 0 Å². The van der Waals surface area contributed by atoms with E-state index in [0.717, 1.165) is 5.82 Å². The highest BCUT2D eigenvalue weighted by Gasteiger charge is 2.20. The van der Waals surface area contributed by atoms with Gasteiger partial charge in [0.05, 0.1) is 11.0 Å². The molecule has 0 spiro atoms. The molecule has 0 saturated heterocycles. The molecule has 0 aliphatic rings. The highest BCUT2D eigenvalue weighted by molar-refractivity contribution is 9.10. The average Bonchev–Trinajstić information content (AvgIpc) is 2.64. The smallest absolute Gasteiger partial charge is 0.239 e. The Labute approximate surface area is 105 Å². The lowest BCUT2D eigenvalue weighted by molar-refractivity contribution is -0.116. The van der Waals surface area contributed by atoms with E-state index in [1.54, 1.807) is 16.9 Å². The maximum Gasteiger partial charge on any atom is 0.239 e. The third-order valence-corrected chi connectivity index (χ3v) is 3.72. The molecule has 0 bridgehead atoms. The highest BCUT2D eigenvalue weighted by Crippen LogP contribution is 2.17. The monoisotopic (exact) mass is 287 g/mol. The standard InChI is InChI=1S/C11H18BrN3O/c1-7(2)10(12)11(16)14-9-5-6-13-15(9)8(3)4/h5-8,10H,1-4H3,(H,14,16). The Balaban J connectivity index is 2.73. The molecule has 1 rings (SSSR count). The summed E-state index contributed by atoms with van der Waals surface area (Å²) in [6, 6.07) is 2.04. The van der Waals surface area contributed by atoms with Crippen molar-refractivity contribution < 1.29 is 4.79 Å². The van der Waals surface area contributed by atoms with Gasteiger partial charge in [0.1, 0.15) is 5.82 Å². The second kappa shape index (κ2) is 5.48. The molecule has 1 amide bonds. The van der Waals surface area contributed by atoms with Crippen molar-refractivity contribution in [3.05, 3.63) is 12.3 Å². The molecule has 1 heterocycles. The number of hydrogen-bond donors (Lipinski definition) is 1. The molecule has 5 heteroatoms. The number of halogens is 1. The van der Waals surface area contributed by atoms with Gasteiger partial charge in [-0.3, -0.25) is 4.79 Å². The van der Waals surface area contributed by atoms with Gasteiger partial charge in [0.2, 0.25) is 5.91 Å². The zero-order valence-electron chi connectivity index (χ0n) is 10.1. The highest BCUT2D eigenvalue weighted by atomic mass is 79.9. The first-order valence-electron chi connectivity index (χ1n) is 5.42. The van der Waals surface area contributed by atoms with Gasteiger partial charge >= 0.3 is 0 Å². The van der Waals surface area contributed by atoms with Crippen molar-refractivity contribution in [2.24, 2.45) is 5.92 Å². The lowest BCUT2D eigenvalue weighted by Gasteiger charge is -2.16. The van der Waals surface area contributed by atoms with Gasteiger partial charge in [-0.1, -0.05) is 29.8 Å². The summed E-state index contributed by atoms with van der Waals surface area (Å²) in [5, 5.41) is 7.03. The van der Waals surface area contributed by atoms with E-state index in [4.69, 9.17) is 0 Å². The van der Waals surface area contributed by atoms with E-state index in [1.165, 1.54) is 0 Å². The van der Waals surface area contributed by atoms with Gasteiger partial charge in [0.15, 0.2) is 0 Å². The molecule has 0 fully saturated rings. The van der Waals surface area contributed by atoms with Crippen LogP contribution >= 0.6 is 15.9 Å². The molecule has 0 aliphatic heterocycles. The zero-order valence-corrected chi connectivity index (χ0v) is 11.7. The van der Waals surface area contributed by atoms with E-state index < -0.39 is 0 Å². The number of nitrogens with zero attached hydrogens (tertiary/aromatic N) is 2. The maximum atomic E-state index is 11.8. The molecular formula is C11H18BrN3O. The number of aromatic nitrogens is 2. The van der Waals surface area contributed by atoms with Crippen LogP contribution in [-0.2, 0) is 4.79 Å². The fourth-order valence-corrected chi connectivity index (χ4v) is 1.44. The van der Waals surface area contributed by atoms with E-state index in [2.05, 4.69) is 26.3 Å². The summed E-state index contributed by atoms with van der Waals surface area (Å²) in [5.74, 6) is 0.970. The number of carbonyl (C=O) groups is 1. The van der Waals surface area contributed by atoms with Gasteiger partial charge in [-0.15, -0.1) is 0 Å². The molecule has 0 aromatic carbocycles. The third-order valence-electron chi connectivity index (χ3n) is 2.25. The van der Waals surface area contributed by atoms with Crippen LogP contribution in [0.2, 0.25) is 0 Å². The van der Waals surface area contributed by atoms with E-state index in [0.29, 0.717) is 0 Å². The average molecular weight is 288 g/mol. The fourth-order valence-electron chi connectivity index (χ4n) is 1.32. The quantitative estimate of drug-likeness (QED) is 0.866. The minimum atomic E-state index is -0.178. The van der Waals surface area contributed by atoms with E-state index in [1.807, 2.05) is 27.7 Å². The second-order valence-corrected chi connectivity index (χ2v) is 5.38. The van der Waals surface area contributed by atoms with Crippen molar-refractivity contribution >= 4 is 27.7 Å². The maximum absolute atomic E-state index is 11.8. The summed E-state index contributed by atoms with van der Waals surface area (Å²) in [6.45, 7) is 8.05. The summed E-state index contributed by atoms with van der Waals surface area (Å²) in [7, 11) is 0. The minimum absolute atomic E-state index is 0.0302. The van der Waals surface area contributed by atoms with Crippen molar-refractivity contribution in [2.75, 3.05) is 5.32 Å². The van der Waals surface area contributed by atoms with Crippen LogP contribution in [0.5, 0.6) is 0 Å². The number of rotatable bonds is 4. The van der Waals surface area contributed by atoms with Crippen LogP contribution in [0.3, 0.4) is 0 Å². The van der Waals surface area contributed by atoms with Crippen molar-refractivity contribution in [3.8, 4) is 0 Å². The number of nitrogens with one attached hydrogen (secondary N) is 1. The van der Waals surface area contributed by atoms with E-state index in [-0.39, 0.29) is 22.7 Å². The van der Waals surface area contributed by atoms with Crippen molar-refractivity contribution in [1.29, 1.82) is 0 Å². The number of amides is 1. The Kier molecular flexibility index (Phi) is 4.53. The van der Waals surface area contributed by atoms with Crippen molar-refractivity contribution in [3.63, 3.8) is 0 Å². The largest absolute Gasteiger partial charge is 0.310 e. The molecule has 1 aromatic rings. The fraction of sp³-hybridized carbons (Fsp3) is 0.636. The second-order valence-electron chi connectivity index (χ2n) is 4.39. The Bertz CT molecular complexity index is 360. The van der Waals surface area contributed by atoms with Gasteiger partial charge in [-0.2, -0.15) is 5.10 Å². The van der Waals surface area contributed by atoms with Crippen LogP contribution in [0.15, 0.2) is 12.3 Å². The SMILES string of the molecule is CC(C)C(Br)C(=O)Nc1ccnn1C(C)C. The molecule has 0 aliphatic carbocycles. The molecule has 4 nitrogen and oxygen atoms in total. The Hall–Kier alpha value is -0.840. The molecule has 90 valence electrons. The molecular weight excluding hydrogens is 270 g/mol. The minimum Gasteiger partial charge on any atom is -0.310 e. The van der Waals surface area contributed by atoms with Crippen LogP contribution in [0.4, 0.5) is 5.82 Å². The van der Waals surface area contributed by atoms with E-state index >= 15 is 0 Å². The van der Waals surface area contributed by atoms with Gasteiger partial charge in [-0.25, -0.2) is 4.68 Å². The molecule has 16 heavy (non-hydrogen) atoms. The number of carbonyl (C=O) groups excluding carboxylic acids is 1. The predicted molar refractivity (Wildman–Crippen MR) is 68.8 cm³/mol. The molecule has 1 N–H and O–H groups in total. The number of hydrogen-bond acceptors (Lipinski definition) is 2. The molecule has 1 unspecified atom stereocenters. The third kappa shape index (κ3) is 3.07. The zero-order chi connectivity index (χ0) is 12.3. The summed E-state index contributed by atoms with van der Waals surface area (Å²) < 4.78 is 1.79. The van der Waals surface area contributed by atoms with Crippen LogP contribution in [-0.4, -0.2) is 20.5 Å². The Morgan fingerprint density at radius 3 is 2.56 bits per heavy atom. The van der Waals surface area contributed by atoms with Gasteiger partial charge in [0, 0.05) is 12.1 Å². The van der Waals surface area contributed by atoms with Crippen LogP contribution in [0, 0.1) is 5.92 Å². The normalized spacial score (nSPS) is 13.2. The van der Waals surface area contributed by atoms with Crippen LogP contribution < -0.4 is 5.32 Å². The van der Waals surface area contributed by atoms with Gasteiger partial charge < -0.3 is 5.32 Å². The van der Waals surface area contributed by atoms with Crippen molar-refractivity contribution in [2.45, 2.75) is 38.6 Å². The molecule has 0 radical (unpaired) electrons. The first-order chi connectivity index (χ1) is 7.43. The topological polar surface area (TPSA) is 46.9 Å². The summed E-state index contributed by atoms with van der Waals surface area (Å²) in [6.07, 6.45) is 1.69. The molecule has 0 saturated carbocycles. The molecule has 1 atom stereocenters. The number of anilines is 1. The first kappa shape index (κ1) is 13.2. The summed E-state index contributed by atoms with van der Waals surface area (Å²) >= 11 is 3.37. The lowest BCUT2D eigenvalue weighted by Crippen LogP contribution is -2.28. The van der Waals surface area contributed by atoms with Crippen molar-refractivity contribution in [1.82, 2.24) is 9.78 Å². The lowest BCUT2D eigenvalue weighted by atomic mass is 10.1. The number of alkyl halides is 1. The van der Waals surface area contributed by atoms with E-state index in [9.17, 15) is 4.79 Å². The summed E-state index contributed by atoms with van der Waals surface area (Å²) in [5.41, 5.74) is 0. The Morgan fingerprint density at radius 1 is 1.44 bits per heavy atom. The first-order valence-corrected chi connectivity index (χ1v) is 6.33. The predicted octanol–water partition coefficient (Wildman–Crippen LogP) is 2.82. The van der Waals surface area contributed by atoms with Crippen LogP contribution in [0.1, 0.15) is 33.7 Å². The Morgan fingerprint density at radius 2 is 2.06 bits per heavy atom.